The van der Waals surface area contributed by atoms with E-state index < -0.39 is 5.41 Å². The fraction of sp³-hybridized carbons (Fsp3) is 0.350. The summed E-state index contributed by atoms with van der Waals surface area (Å²) in [5.74, 6) is 1.05. The topological polar surface area (TPSA) is 38.8 Å². The van der Waals surface area contributed by atoms with Crippen LogP contribution in [-0.4, -0.2) is 26.2 Å². The molecule has 0 bridgehead atoms. The molecule has 1 amide bonds. The molecule has 0 aliphatic carbocycles. The molecule has 0 heterocycles. The molecular formula is C20H24FNO3. The number of carbonyl (C=O) groups excluding carboxylic acids is 1. The second kappa shape index (κ2) is 8.01. The number of halogens is 1. The molecule has 0 atom stereocenters. The van der Waals surface area contributed by atoms with Gasteiger partial charge in [0.15, 0.2) is 0 Å². The Morgan fingerprint density at radius 2 is 1.36 bits per heavy atom. The third-order valence-electron chi connectivity index (χ3n) is 3.60. The molecule has 4 nitrogen and oxygen atoms in total. The fourth-order valence-electron chi connectivity index (χ4n) is 2.24. The van der Waals surface area contributed by atoms with Crippen molar-refractivity contribution in [2.75, 3.05) is 25.2 Å². The molecule has 0 fully saturated rings. The monoisotopic (exact) mass is 345 g/mol. The normalized spacial score (nSPS) is 11.1. The van der Waals surface area contributed by atoms with Crippen LogP contribution in [0.15, 0.2) is 48.5 Å². The summed E-state index contributed by atoms with van der Waals surface area (Å²) in [5, 5.41) is 0. The van der Waals surface area contributed by atoms with E-state index in [0.717, 1.165) is 5.69 Å². The molecule has 25 heavy (non-hydrogen) atoms. The van der Waals surface area contributed by atoms with Crippen molar-refractivity contribution in [1.82, 2.24) is 0 Å². The Labute approximate surface area is 148 Å². The van der Waals surface area contributed by atoms with Gasteiger partial charge in [0.2, 0.25) is 5.91 Å². The first-order valence-electron chi connectivity index (χ1n) is 8.17. The Bertz CT molecular complexity index is 690. The lowest BCUT2D eigenvalue weighted by atomic mass is 9.95. The number of anilines is 1. The lowest BCUT2D eigenvalue weighted by molar-refractivity contribution is -0.125. The summed E-state index contributed by atoms with van der Waals surface area (Å²) in [5.41, 5.74) is 0.386. The van der Waals surface area contributed by atoms with E-state index in [1.807, 2.05) is 45.0 Å². The zero-order valence-corrected chi connectivity index (χ0v) is 15.1. The Kier molecular flexibility index (Phi) is 6.02. The van der Waals surface area contributed by atoms with Crippen LogP contribution in [0.25, 0.3) is 0 Å². The highest BCUT2D eigenvalue weighted by atomic mass is 19.1. The molecule has 5 heteroatoms. The number of amides is 1. The predicted molar refractivity (Wildman–Crippen MR) is 96.7 cm³/mol. The van der Waals surface area contributed by atoms with Crippen LogP contribution < -0.4 is 14.4 Å². The van der Waals surface area contributed by atoms with Gasteiger partial charge in [-0.1, -0.05) is 20.8 Å². The van der Waals surface area contributed by atoms with Crippen LogP contribution in [-0.2, 0) is 4.79 Å². The second-order valence-corrected chi connectivity index (χ2v) is 6.76. The lowest BCUT2D eigenvalue weighted by Gasteiger charge is -2.26. The smallest absolute Gasteiger partial charge is 0.232 e. The summed E-state index contributed by atoms with van der Waals surface area (Å²) in [6, 6.07) is 13.2. The summed E-state index contributed by atoms with van der Waals surface area (Å²) >= 11 is 0. The molecule has 0 N–H and O–H groups in total. The first-order chi connectivity index (χ1) is 11.8. The molecular weight excluding hydrogens is 321 g/mol. The van der Waals surface area contributed by atoms with Crippen molar-refractivity contribution in [2.45, 2.75) is 20.8 Å². The van der Waals surface area contributed by atoms with Crippen molar-refractivity contribution in [1.29, 1.82) is 0 Å². The molecule has 2 aromatic rings. The first kappa shape index (κ1) is 18.8. The van der Waals surface area contributed by atoms with Gasteiger partial charge in [-0.25, -0.2) is 4.39 Å². The Morgan fingerprint density at radius 1 is 0.920 bits per heavy atom. The molecule has 0 saturated carbocycles. The molecule has 0 radical (unpaired) electrons. The predicted octanol–water partition coefficient (Wildman–Crippen LogP) is 4.29. The van der Waals surface area contributed by atoms with Gasteiger partial charge in [0.25, 0.3) is 0 Å². The van der Waals surface area contributed by atoms with Crippen LogP contribution >= 0.6 is 0 Å². The van der Waals surface area contributed by atoms with E-state index in [-0.39, 0.29) is 11.7 Å². The average molecular weight is 345 g/mol. The van der Waals surface area contributed by atoms with Crippen molar-refractivity contribution in [3.8, 4) is 11.5 Å². The van der Waals surface area contributed by atoms with Gasteiger partial charge in [-0.15, -0.1) is 0 Å². The van der Waals surface area contributed by atoms with Crippen molar-refractivity contribution in [2.24, 2.45) is 5.41 Å². The summed E-state index contributed by atoms with van der Waals surface area (Å²) < 4.78 is 23.9. The van der Waals surface area contributed by atoms with Gasteiger partial charge >= 0.3 is 0 Å². The Morgan fingerprint density at radius 3 is 1.80 bits per heavy atom. The third kappa shape index (κ3) is 5.48. The van der Waals surface area contributed by atoms with Crippen LogP contribution in [0.4, 0.5) is 10.1 Å². The van der Waals surface area contributed by atoms with Crippen LogP contribution in [0.5, 0.6) is 11.5 Å². The molecule has 134 valence electrons. The van der Waals surface area contributed by atoms with Gasteiger partial charge in [-0.05, 0) is 48.5 Å². The number of nitrogens with zero attached hydrogens (tertiary/aromatic N) is 1. The molecule has 2 aromatic carbocycles. The van der Waals surface area contributed by atoms with Gasteiger partial charge in [0, 0.05) is 18.2 Å². The highest BCUT2D eigenvalue weighted by Crippen LogP contribution is 2.24. The van der Waals surface area contributed by atoms with E-state index in [2.05, 4.69) is 0 Å². The lowest BCUT2D eigenvalue weighted by Crippen LogP contribution is -2.36. The summed E-state index contributed by atoms with van der Waals surface area (Å²) in [6.07, 6.45) is 0. The van der Waals surface area contributed by atoms with Gasteiger partial charge in [-0.3, -0.25) is 4.79 Å². The van der Waals surface area contributed by atoms with Crippen LogP contribution in [0.2, 0.25) is 0 Å². The standard InChI is InChI=1S/C20H24FNO3/c1-20(2,3)19(23)22(4)16-7-11-18(12-8-16)25-14-13-24-17-9-5-15(21)6-10-17/h5-12H,13-14H2,1-4H3. The quantitative estimate of drug-likeness (QED) is 0.733. The molecule has 0 aromatic heterocycles. The number of benzene rings is 2. The van der Waals surface area contributed by atoms with E-state index in [9.17, 15) is 9.18 Å². The number of hydrogen-bond donors (Lipinski definition) is 0. The highest BCUT2D eigenvalue weighted by Gasteiger charge is 2.25. The highest BCUT2D eigenvalue weighted by molar-refractivity contribution is 5.96. The Hall–Kier alpha value is -2.56. The zero-order valence-electron chi connectivity index (χ0n) is 15.1. The fourth-order valence-corrected chi connectivity index (χ4v) is 2.24. The summed E-state index contributed by atoms with van der Waals surface area (Å²) in [4.78, 5) is 13.9. The largest absolute Gasteiger partial charge is 0.490 e. The number of ether oxygens (including phenoxy) is 2. The van der Waals surface area contributed by atoms with E-state index in [1.165, 1.54) is 12.1 Å². The number of hydrogen-bond acceptors (Lipinski definition) is 3. The summed E-state index contributed by atoms with van der Waals surface area (Å²) in [6.45, 7) is 6.41. The van der Waals surface area contributed by atoms with Crippen molar-refractivity contribution < 1.29 is 18.7 Å². The van der Waals surface area contributed by atoms with Crippen LogP contribution in [0.3, 0.4) is 0 Å². The Balaban J connectivity index is 1.82. The first-order valence-corrected chi connectivity index (χ1v) is 8.17. The molecule has 0 unspecified atom stereocenters. The van der Waals surface area contributed by atoms with E-state index >= 15 is 0 Å². The van der Waals surface area contributed by atoms with Gasteiger partial charge in [-0.2, -0.15) is 0 Å². The zero-order chi connectivity index (χ0) is 18.4. The van der Waals surface area contributed by atoms with E-state index in [1.54, 1.807) is 24.1 Å². The van der Waals surface area contributed by atoms with Crippen LogP contribution in [0, 0.1) is 11.2 Å². The van der Waals surface area contributed by atoms with Crippen molar-refractivity contribution in [3.05, 3.63) is 54.3 Å². The SMILES string of the molecule is CN(C(=O)C(C)(C)C)c1ccc(OCCOc2ccc(F)cc2)cc1. The number of rotatable bonds is 6. The minimum absolute atomic E-state index is 0.0499. The van der Waals surface area contributed by atoms with Gasteiger partial charge in [0.05, 0.1) is 0 Å². The minimum Gasteiger partial charge on any atom is -0.490 e. The molecule has 0 aliphatic heterocycles. The maximum atomic E-state index is 12.8. The van der Waals surface area contributed by atoms with E-state index in [0.29, 0.717) is 24.7 Å². The summed E-state index contributed by atoms with van der Waals surface area (Å²) in [7, 11) is 1.76. The van der Waals surface area contributed by atoms with Crippen molar-refractivity contribution in [3.63, 3.8) is 0 Å². The number of carbonyl (C=O) groups is 1. The van der Waals surface area contributed by atoms with Gasteiger partial charge in [0.1, 0.15) is 30.5 Å². The van der Waals surface area contributed by atoms with Gasteiger partial charge < -0.3 is 14.4 Å². The molecule has 0 aliphatic rings. The van der Waals surface area contributed by atoms with Crippen molar-refractivity contribution >= 4 is 11.6 Å². The maximum absolute atomic E-state index is 12.8. The molecule has 0 spiro atoms. The second-order valence-electron chi connectivity index (χ2n) is 6.76. The minimum atomic E-state index is -0.429. The van der Waals surface area contributed by atoms with Crippen LogP contribution in [0.1, 0.15) is 20.8 Å². The van der Waals surface area contributed by atoms with E-state index in [4.69, 9.17) is 9.47 Å². The molecule has 0 saturated heterocycles. The molecule has 2 rings (SSSR count). The third-order valence-corrected chi connectivity index (χ3v) is 3.60. The maximum Gasteiger partial charge on any atom is 0.232 e. The average Bonchev–Trinajstić information content (AvgIpc) is 2.58.